The molecular formula is C16H11FN4O3. The molecule has 8 heteroatoms. The van der Waals surface area contributed by atoms with Crippen molar-refractivity contribution in [1.29, 1.82) is 0 Å². The zero-order valence-electron chi connectivity index (χ0n) is 12.2. The minimum absolute atomic E-state index is 0.244. The van der Waals surface area contributed by atoms with Crippen LogP contribution in [0.25, 0.3) is 33.3 Å². The second-order valence-electron chi connectivity index (χ2n) is 5.36. The molecule has 0 saturated carbocycles. The molecule has 3 N–H and O–H groups in total. The quantitative estimate of drug-likeness (QED) is 0.598. The van der Waals surface area contributed by atoms with Crippen LogP contribution in [0.4, 0.5) is 4.39 Å². The Bertz CT molecular complexity index is 1160. The van der Waals surface area contributed by atoms with Crippen LogP contribution < -0.4 is 11.5 Å². The van der Waals surface area contributed by atoms with Gasteiger partial charge in [0, 0.05) is 34.4 Å². The Labute approximate surface area is 133 Å². The third-order valence-electron chi connectivity index (χ3n) is 3.77. The van der Waals surface area contributed by atoms with Gasteiger partial charge < -0.3 is 15.1 Å². The van der Waals surface area contributed by atoms with Crippen LogP contribution in [0.15, 0.2) is 45.9 Å². The van der Waals surface area contributed by atoms with Gasteiger partial charge in [-0.2, -0.15) is 0 Å². The predicted octanol–water partition coefficient (Wildman–Crippen LogP) is 1.76. The summed E-state index contributed by atoms with van der Waals surface area (Å²) in [5, 5.41) is 0.816. The molecule has 1 aromatic carbocycles. The van der Waals surface area contributed by atoms with Gasteiger partial charge in [0.1, 0.15) is 12.4 Å². The highest BCUT2D eigenvalue weighted by atomic mass is 19.1. The van der Waals surface area contributed by atoms with Crippen molar-refractivity contribution in [2.75, 3.05) is 0 Å². The molecule has 0 unspecified atom stereocenters. The van der Waals surface area contributed by atoms with Crippen LogP contribution >= 0.6 is 0 Å². The molecule has 1 amide bonds. The number of amides is 1. The van der Waals surface area contributed by atoms with Crippen LogP contribution in [0.2, 0.25) is 0 Å². The van der Waals surface area contributed by atoms with Gasteiger partial charge in [-0.15, -0.1) is 0 Å². The number of rotatable bonds is 3. The highest BCUT2D eigenvalue weighted by molar-refractivity contribution is 5.96. The van der Waals surface area contributed by atoms with E-state index in [0.29, 0.717) is 11.1 Å². The van der Waals surface area contributed by atoms with E-state index < -0.39 is 11.7 Å². The molecule has 0 saturated heterocycles. The summed E-state index contributed by atoms with van der Waals surface area (Å²) < 4.78 is 19.5. The number of hydrogen-bond donors (Lipinski definition) is 2. The number of H-pyrrole nitrogens is 1. The number of oxazole rings is 1. The molecule has 7 nitrogen and oxygen atoms in total. The number of halogens is 1. The normalized spacial score (nSPS) is 11.4. The Hall–Kier alpha value is -3.42. The molecule has 0 spiro atoms. The Morgan fingerprint density at radius 2 is 2.21 bits per heavy atom. The maximum absolute atomic E-state index is 13.3. The average Bonchev–Trinajstić information content (AvgIpc) is 3.07. The summed E-state index contributed by atoms with van der Waals surface area (Å²) in [4.78, 5) is 30.1. The molecular weight excluding hydrogens is 315 g/mol. The lowest BCUT2D eigenvalue weighted by atomic mass is 10.1. The number of fused-ring (bicyclic) bond motifs is 2. The standard InChI is InChI=1S/C16H11FN4O3/c17-9-1-2-10-11(6-19-12(10)4-9)8-3-13-15(20-5-8)21(7-14(18)22)16(23)24-13/h1-6,19H,7H2,(H2,18,22). The number of carbonyl (C=O) groups is 1. The minimum atomic E-state index is -0.700. The van der Waals surface area contributed by atoms with E-state index in [1.54, 1.807) is 24.5 Å². The van der Waals surface area contributed by atoms with E-state index in [4.69, 9.17) is 10.2 Å². The summed E-state index contributed by atoms with van der Waals surface area (Å²) in [6.45, 7) is -0.301. The number of nitrogens with one attached hydrogen (secondary N) is 1. The molecule has 120 valence electrons. The van der Waals surface area contributed by atoms with Crippen molar-refractivity contribution in [3.05, 3.63) is 53.0 Å². The Morgan fingerprint density at radius 3 is 3.00 bits per heavy atom. The molecule has 0 aliphatic heterocycles. The van der Waals surface area contributed by atoms with Gasteiger partial charge >= 0.3 is 5.76 Å². The number of carbonyl (C=O) groups excluding carboxylic acids is 1. The predicted molar refractivity (Wildman–Crippen MR) is 84.7 cm³/mol. The monoisotopic (exact) mass is 326 g/mol. The van der Waals surface area contributed by atoms with Gasteiger partial charge in [-0.05, 0) is 24.3 Å². The number of aromatic nitrogens is 3. The van der Waals surface area contributed by atoms with Crippen LogP contribution in [-0.2, 0) is 11.3 Å². The summed E-state index contributed by atoms with van der Waals surface area (Å²) in [5.74, 6) is -1.70. The van der Waals surface area contributed by atoms with Crippen LogP contribution in [0, 0.1) is 5.82 Å². The van der Waals surface area contributed by atoms with E-state index in [0.717, 1.165) is 15.5 Å². The number of nitrogens with zero attached hydrogens (tertiary/aromatic N) is 2. The van der Waals surface area contributed by atoms with Crippen molar-refractivity contribution < 1.29 is 13.6 Å². The Kier molecular flexibility index (Phi) is 2.99. The molecule has 0 aliphatic rings. The first kappa shape index (κ1) is 14.2. The number of aromatic amines is 1. The SMILES string of the molecule is NC(=O)Cn1c(=O)oc2cc(-c3c[nH]c4cc(F)ccc34)cnc21. The third kappa shape index (κ3) is 2.16. The van der Waals surface area contributed by atoms with E-state index in [-0.39, 0.29) is 23.6 Å². The highest BCUT2D eigenvalue weighted by Gasteiger charge is 2.15. The van der Waals surface area contributed by atoms with Crippen molar-refractivity contribution in [3.63, 3.8) is 0 Å². The number of primary amides is 1. The van der Waals surface area contributed by atoms with Gasteiger partial charge in [-0.25, -0.2) is 18.7 Å². The van der Waals surface area contributed by atoms with E-state index in [1.165, 1.54) is 12.1 Å². The summed E-state index contributed by atoms with van der Waals surface area (Å²) in [6.07, 6.45) is 3.28. The average molecular weight is 326 g/mol. The molecule has 3 aromatic heterocycles. The second-order valence-corrected chi connectivity index (χ2v) is 5.36. The van der Waals surface area contributed by atoms with Crippen LogP contribution in [-0.4, -0.2) is 20.4 Å². The van der Waals surface area contributed by atoms with E-state index >= 15 is 0 Å². The summed E-state index contributed by atoms with van der Waals surface area (Å²) in [7, 11) is 0. The lowest BCUT2D eigenvalue weighted by Gasteiger charge is -2.00. The molecule has 24 heavy (non-hydrogen) atoms. The fourth-order valence-corrected chi connectivity index (χ4v) is 2.73. The Balaban J connectivity index is 1.88. The zero-order chi connectivity index (χ0) is 16.8. The lowest BCUT2D eigenvalue weighted by Crippen LogP contribution is -2.25. The first-order valence-electron chi connectivity index (χ1n) is 7.07. The highest BCUT2D eigenvalue weighted by Crippen LogP contribution is 2.30. The number of pyridine rings is 1. The van der Waals surface area contributed by atoms with Gasteiger partial charge in [-0.3, -0.25) is 4.79 Å². The van der Waals surface area contributed by atoms with Crippen molar-refractivity contribution >= 4 is 28.0 Å². The van der Waals surface area contributed by atoms with Gasteiger partial charge in [0.25, 0.3) is 0 Å². The molecule has 0 aliphatic carbocycles. The first-order chi connectivity index (χ1) is 11.5. The van der Waals surface area contributed by atoms with E-state index in [2.05, 4.69) is 9.97 Å². The second kappa shape index (κ2) is 5.05. The summed E-state index contributed by atoms with van der Waals surface area (Å²) in [6, 6.07) is 6.08. The molecule has 0 radical (unpaired) electrons. The molecule has 0 fully saturated rings. The third-order valence-corrected chi connectivity index (χ3v) is 3.77. The topological polar surface area (TPSA) is 107 Å². The van der Waals surface area contributed by atoms with Crippen LogP contribution in [0.1, 0.15) is 0 Å². The van der Waals surface area contributed by atoms with Gasteiger partial charge in [-0.1, -0.05) is 0 Å². The minimum Gasteiger partial charge on any atom is -0.406 e. The molecule has 0 bridgehead atoms. The largest absolute Gasteiger partial charge is 0.421 e. The van der Waals surface area contributed by atoms with E-state index in [1.807, 2.05) is 0 Å². The molecule has 4 aromatic rings. The Morgan fingerprint density at radius 1 is 1.38 bits per heavy atom. The zero-order valence-corrected chi connectivity index (χ0v) is 12.2. The van der Waals surface area contributed by atoms with Gasteiger partial charge in [0.05, 0.1) is 0 Å². The molecule has 0 atom stereocenters. The molecule has 4 rings (SSSR count). The van der Waals surface area contributed by atoms with Gasteiger partial charge in [0.2, 0.25) is 5.91 Å². The van der Waals surface area contributed by atoms with Crippen molar-refractivity contribution in [2.24, 2.45) is 5.73 Å². The summed E-state index contributed by atoms with van der Waals surface area (Å²) >= 11 is 0. The number of hydrogen-bond acceptors (Lipinski definition) is 4. The van der Waals surface area contributed by atoms with E-state index in [9.17, 15) is 14.0 Å². The fourth-order valence-electron chi connectivity index (χ4n) is 2.73. The van der Waals surface area contributed by atoms with Gasteiger partial charge in [0.15, 0.2) is 11.2 Å². The lowest BCUT2D eigenvalue weighted by molar-refractivity contribution is -0.118. The van der Waals surface area contributed by atoms with Crippen molar-refractivity contribution in [3.8, 4) is 11.1 Å². The maximum Gasteiger partial charge on any atom is 0.421 e. The fraction of sp³-hybridized carbons (Fsp3) is 0.0625. The first-order valence-corrected chi connectivity index (χ1v) is 7.07. The van der Waals surface area contributed by atoms with Crippen molar-refractivity contribution in [2.45, 2.75) is 6.54 Å². The number of nitrogens with two attached hydrogens (primary N) is 1. The molecule has 3 heterocycles. The van der Waals surface area contributed by atoms with Crippen LogP contribution in [0.3, 0.4) is 0 Å². The number of benzene rings is 1. The smallest absolute Gasteiger partial charge is 0.406 e. The summed E-state index contributed by atoms with van der Waals surface area (Å²) in [5.41, 5.74) is 7.75. The van der Waals surface area contributed by atoms with Crippen molar-refractivity contribution in [1.82, 2.24) is 14.5 Å². The van der Waals surface area contributed by atoms with Crippen LogP contribution in [0.5, 0.6) is 0 Å². The maximum atomic E-state index is 13.3.